The highest BCUT2D eigenvalue weighted by molar-refractivity contribution is 6.00. The quantitative estimate of drug-likeness (QED) is 0.420. The molecule has 15 heteroatoms. The van der Waals surface area contributed by atoms with Crippen molar-refractivity contribution in [1.82, 2.24) is 30.3 Å². The second-order valence-electron chi connectivity index (χ2n) is 10.5. The molecule has 0 aromatic carbocycles. The van der Waals surface area contributed by atoms with Crippen LogP contribution >= 0.6 is 0 Å². The van der Waals surface area contributed by atoms with Crippen LogP contribution in [-0.4, -0.2) is 68.2 Å². The smallest absolute Gasteiger partial charge is 0.339 e. The van der Waals surface area contributed by atoms with Gasteiger partial charge in [0.1, 0.15) is 23.6 Å². The Labute approximate surface area is 225 Å². The van der Waals surface area contributed by atoms with Gasteiger partial charge in [-0.05, 0) is 55.4 Å². The molecule has 2 aromatic heterocycles. The lowest BCUT2D eigenvalue weighted by Crippen LogP contribution is -2.50. The van der Waals surface area contributed by atoms with Gasteiger partial charge >= 0.3 is 12.2 Å². The van der Waals surface area contributed by atoms with Crippen LogP contribution in [0.15, 0.2) is 30.6 Å². The molecule has 216 valence electrons. The first kappa shape index (κ1) is 27.8. The summed E-state index contributed by atoms with van der Waals surface area (Å²) in [4.78, 5) is 43.6. The molecule has 1 saturated heterocycles. The van der Waals surface area contributed by atoms with Gasteiger partial charge in [-0.3, -0.25) is 14.3 Å². The van der Waals surface area contributed by atoms with Crippen molar-refractivity contribution in [1.29, 1.82) is 0 Å². The fourth-order valence-electron chi connectivity index (χ4n) is 5.09. The lowest BCUT2D eigenvalue weighted by atomic mass is 9.81. The third-order valence-electron chi connectivity index (χ3n) is 7.43. The maximum Gasteiger partial charge on any atom is 0.410 e. The lowest BCUT2D eigenvalue weighted by Gasteiger charge is -2.33. The van der Waals surface area contributed by atoms with Gasteiger partial charge in [-0.2, -0.15) is 18.3 Å². The second-order valence-corrected chi connectivity index (χ2v) is 10.5. The number of hydrogen-bond donors (Lipinski definition) is 3. The molecule has 5 rings (SSSR count). The molecule has 0 unspecified atom stereocenters. The van der Waals surface area contributed by atoms with Crippen LogP contribution in [-0.2, 0) is 11.3 Å². The number of pyridine rings is 1. The molecular formula is C25H28F5N7O3. The van der Waals surface area contributed by atoms with Gasteiger partial charge in [0.05, 0.1) is 12.6 Å². The fourth-order valence-corrected chi connectivity index (χ4v) is 5.09. The number of urea groups is 1. The zero-order valence-electron chi connectivity index (χ0n) is 21.3. The van der Waals surface area contributed by atoms with E-state index in [0.29, 0.717) is 5.56 Å². The topological polar surface area (TPSA) is 121 Å². The molecule has 2 aliphatic carbocycles. The Morgan fingerprint density at radius 2 is 1.85 bits per heavy atom. The molecule has 10 nitrogen and oxygen atoms in total. The van der Waals surface area contributed by atoms with E-state index >= 15 is 0 Å². The number of hydrogen-bond acceptors (Lipinski definition) is 5. The first-order valence-corrected chi connectivity index (χ1v) is 13.0. The predicted octanol–water partition coefficient (Wildman–Crippen LogP) is 3.63. The van der Waals surface area contributed by atoms with Gasteiger partial charge in [0.15, 0.2) is 0 Å². The van der Waals surface area contributed by atoms with Gasteiger partial charge in [-0.15, -0.1) is 0 Å². The number of rotatable bonds is 8. The summed E-state index contributed by atoms with van der Waals surface area (Å²) in [7, 11) is 0. The summed E-state index contributed by atoms with van der Waals surface area (Å²) in [6.07, 6.45) is -0.816. The van der Waals surface area contributed by atoms with Gasteiger partial charge in [0.2, 0.25) is 11.8 Å². The van der Waals surface area contributed by atoms with E-state index in [-0.39, 0.29) is 36.9 Å². The minimum atomic E-state index is -4.58. The van der Waals surface area contributed by atoms with E-state index in [1.165, 1.54) is 30.6 Å². The number of nitrogens with one attached hydrogen (secondary N) is 3. The summed E-state index contributed by atoms with van der Waals surface area (Å²) in [5.74, 6) is -4.58. The largest absolute Gasteiger partial charge is 0.410 e. The zero-order valence-corrected chi connectivity index (χ0v) is 21.3. The summed E-state index contributed by atoms with van der Waals surface area (Å²) in [6.45, 7) is -0.725. The van der Waals surface area contributed by atoms with E-state index in [4.69, 9.17) is 0 Å². The standard InChI is InChI=1S/C25H28F5N7O3/c26-24(27)7-3-15(4-8-24)20(35-21(38)17-6-10-32-37(17)16-1-2-16)22(39)34-19-11-14(5-9-31-19)12-36-13-18(25(28,29)30)33-23(36)40/h5-6,9-11,15-16,18,20H,1-4,7-8,12-13H2,(H,33,40)(H,35,38)(H,31,34,39)/t18-,20-/m0/s1. The Kier molecular flexibility index (Phi) is 7.40. The van der Waals surface area contributed by atoms with Crippen LogP contribution in [0.25, 0.3) is 0 Å². The Morgan fingerprint density at radius 3 is 2.50 bits per heavy atom. The molecular weight excluding hydrogens is 541 g/mol. The maximum atomic E-state index is 13.8. The normalized spacial score (nSPS) is 22.1. The van der Waals surface area contributed by atoms with Gasteiger partial charge in [-0.1, -0.05) is 0 Å². The van der Waals surface area contributed by atoms with Crippen LogP contribution in [0.3, 0.4) is 0 Å². The summed E-state index contributed by atoms with van der Waals surface area (Å²) in [6, 6.07) is 0.533. The maximum absolute atomic E-state index is 13.8. The summed E-state index contributed by atoms with van der Waals surface area (Å²) < 4.78 is 68.3. The number of carbonyl (C=O) groups is 3. The Bertz CT molecular complexity index is 1270. The summed E-state index contributed by atoms with van der Waals surface area (Å²) in [5.41, 5.74) is 0.678. The van der Waals surface area contributed by atoms with Crippen molar-refractivity contribution >= 4 is 23.7 Å². The van der Waals surface area contributed by atoms with Crippen molar-refractivity contribution in [2.24, 2.45) is 5.92 Å². The van der Waals surface area contributed by atoms with Crippen molar-refractivity contribution in [2.45, 2.75) is 75.3 Å². The number of alkyl halides is 5. The summed E-state index contributed by atoms with van der Waals surface area (Å²) >= 11 is 0. The third kappa shape index (κ3) is 6.33. The van der Waals surface area contributed by atoms with Crippen LogP contribution < -0.4 is 16.0 Å². The molecule has 3 N–H and O–H groups in total. The molecule has 40 heavy (non-hydrogen) atoms. The molecule has 3 fully saturated rings. The number of aromatic nitrogens is 3. The van der Waals surface area contributed by atoms with Crippen molar-refractivity contribution in [3.8, 4) is 0 Å². The van der Waals surface area contributed by atoms with Crippen molar-refractivity contribution in [3.05, 3.63) is 41.9 Å². The highest BCUT2D eigenvalue weighted by Crippen LogP contribution is 2.38. The Hall–Kier alpha value is -3.78. The number of nitrogens with zero attached hydrogens (tertiary/aromatic N) is 4. The van der Waals surface area contributed by atoms with Crippen LogP contribution in [0.1, 0.15) is 60.6 Å². The van der Waals surface area contributed by atoms with Gasteiger partial charge in [0, 0.05) is 31.8 Å². The molecule has 0 spiro atoms. The monoisotopic (exact) mass is 569 g/mol. The molecule has 0 bridgehead atoms. The van der Waals surface area contributed by atoms with Crippen LogP contribution in [0.4, 0.5) is 32.6 Å². The van der Waals surface area contributed by atoms with Crippen molar-refractivity contribution < 1.29 is 36.3 Å². The van der Waals surface area contributed by atoms with E-state index < -0.39 is 67.3 Å². The van der Waals surface area contributed by atoms with E-state index in [1.807, 2.05) is 5.32 Å². The highest BCUT2D eigenvalue weighted by atomic mass is 19.4. The number of amides is 4. The molecule has 3 heterocycles. The first-order chi connectivity index (χ1) is 18.9. The van der Waals surface area contributed by atoms with Crippen molar-refractivity contribution in [3.63, 3.8) is 0 Å². The third-order valence-corrected chi connectivity index (χ3v) is 7.43. The predicted molar refractivity (Wildman–Crippen MR) is 130 cm³/mol. The van der Waals surface area contributed by atoms with Crippen LogP contribution in [0.2, 0.25) is 0 Å². The first-order valence-electron chi connectivity index (χ1n) is 13.0. The van der Waals surface area contributed by atoms with Gasteiger partial charge < -0.3 is 20.9 Å². The number of halogens is 5. The molecule has 1 aliphatic heterocycles. The van der Waals surface area contributed by atoms with Crippen molar-refractivity contribution in [2.75, 3.05) is 11.9 Å². The lowest BCUT2D eigenvalue weighted by molar-refractivity contribution is -0.149. The van der Waals surface area contributed by atoms with Gasteiger partial charge in [-0.25, -0.2) is 18.6 Å². The minimum Gasteiger partial charge on any atom is -0.339 e. The summed E-state index contributed by atoms with van der Waals surface area (Å²) in [5, 5.41) is 11.4. The molecule has 2 atom stereocenters. The minimum absolute atomic E-state index is 0.0190. The Balaban J connectivity index is 1.29. The zero-order chi connectivity index (χ0) is 28.7. The highest BCUT2D eigenvalue weighted by Gasteiger charge is 2.47. The average molecular weight is 570 g/mol. The second kappa shape index (κ2) is 10.7. The molecule has 2 saturated carbocycles. The molecule has 2 aromatic rings. The molecule has 4 amide bonds. The van der Waals surface area contributed by atoms with E-state index in [1.54, 1.807) is 4.68 Å². The SMILES string of the molecule is O=C(N[C@H](C(=O)Nc1cc(CN2C[C@@H](C(F)(F)F)NC2=O)ccn1)C1CCC(F)(F)CC1)c1ccnn1C1CC1. The van der Waals surface area contributed by atoms with E-state index in [0.717, 1.165) is 17.7 Å². The average Bonchev–Trinajstić information content (AvgIpc) is 3.48. The Morgan fingerprint density at radius 1 is 1.12 bits per heavy atom. The molecule has 3 aliphatic rings. The number of anilines is 1. The van der Waals surface area contributed by atoms with E-state index in [2.05, 4.69) is 20.7 Å². The van der Waals surface area contributed by atoms with E-state index in [9.17, 15) is 36.3 Å². The fraction of sp³-hybridized carbons (Fsp3) is 0.560. The van der Waals surface area contributed by atoms with Crippen LogP contribution in [0, 0.1) is 5.92 Å². The number of carbonyl (C=O) groups excluding carboxylic acids is 3. The van der Waals surface area contributed by atoms with Gasteiger partial charge in [0.25, 0.3) is 5.91 Å². The molecule has 0 radical (unpaired) electrons. The van der Waals surface area contributed by atoms with Crippen LogP contribution in [0.5, 0.6) is 0 Å².